The lowest BCUT2D eigenvalue weighted by molar-refractivity contribution is -0.137. The van der Waals surface area contributed by atoms with Crippen LogP contribution in [0, 0.1) is 0 Å². The van der Waals surface area contributed by atoms with Crippen LogP contribution in [0.15, 0.2) is 66.9 Å². The first-order valence-corrected chi connectivity index (χ1v) is 12.7. The molecule has 1 heterocycles. The number of carbonyl (C=O) groups is 2. The van der Waals surface area contributed by atoms with Crippen LogP contribution in [0.2, 0.25) is 0 Å². The fourth-order valence-corrected chi connectivity index (χ4v) is 4.38. The molecular weight excluding hydrogens is 511 g/mol. The molecule has 10 heteroatoms. The third-order valence-corrected chi connectivity index (χ3v) is 6.69. The second-order valence-electron chi connectivity index (χ2n) is 9.53. The molecule has 1 aliphatic carbocycles. The Morgan fingerprint density at radius 3 is 2.41 bits per heavy atom. The number of amides is 2. The van der Waals surface area contributed by atoms with E-state index >= 15 is 0 Å². The summed E-state index contributed by atoms with van der Waals surface area (Å²) in [5, 5.41) is 0. The van der Waals surface area contributed by atoms with Gasteiger partial charge >= 0.3 is 6.18 Å². The molecule has 0 atom stereocenters. The van der Waals surface area contributed by atoms with Crippen LogP contribution >= 0.6 is 0 Å². The zero-order valence-electron chi connectivity index (χ0n) is 22.0. The lowest BCUT2D eigenvalue weighted by Gasteiger charge is -2.28. The Kier molecular flexibility index (Phi) is 8.96. The predicted molar refractivity (Wildman–Crippen MR) is 139 cm³/mol. The van der Waals surface area contributed by atoms with Crippen molar-refractivity contribution in [3.63, 3.8) is 0 Å². The molecule has 3 aromatic rings. The van der Waals surface area contributed by atoms with Crippen molar-refractivity contribution in [1.29, 1.82) is 0 Å². The second kappa shape index (κ2) is 12.4. The van der Waals surface area contributed by atoms with Gasteiger partial charge in [-0.3, -0.25) is 9.59 Å². The van der Waals surface area contributed by atoms with Crippen LogP contribution in [0.25, 0.3) is 0 Å². The average Bonchev–Trinajstić information content (AvgIpc) is 3.68. The molecule has 1 saturated carbocycles. The van der Waals surface area contributed by atoms with Crippen LogP contribution in [0.3, 0.4) is 0 Å². The van der Waals surface area contributed by atoms with Gasteiger partial charge in [0.2, 0.25) is 5.91 Å². The van der Waals surface area contributed by atoms with Gasteiger partial charge in [0, 0.05) is 43.7 Å². The number of rotatable bonds is 12. The molecule has 2 aromatic carbocycles. The van der Waals surface area contributed by atoms with Crippen molar-refractivity contribution in [2.24, 2.45) is 0 Å². The van der Waals surface area contributed by atoms with E-state index in [0.29, 0.717) is 30.0 Å². The Balaban J connectivity index is 1.48. The summed E-state index contributed by atoms with van der Waals surface area (Å²) >= 11 is 0. The first-order chi connectivity index (χ1) is 18.7. The minimum Gasteiger partial charge on any atom is -0.497 e. The number of ether oxygens (including phenoxy) is 2. The Morgan fingerprint density at radius 1 is 1.03 bits per heavy atom. The third kappa shape index (κ3) is 7.41. The Bertz CT molecular complexity index is 1270. The normalized spacial score (nSPS) is 13.3. The van der Waals surface area contributed by atoms with E-state index in [-0.39, 0.29) is 37.5 Å². The smallest absolute Gasteiger partial charge is 0.416 e. The summed E-state index contributed by atoms with van der Waals surface area (Å²) in [4.78, 5) is 30.0. The molecule has 0 spiro atoms. The molecule has 208 valence electrons. The van der Waals surface area contributed by atoms with Crippen LogP contribution in [0.4, 0.5) is 13.2 Å². The highest BCUT2D eigenvalue weighted by molar-refractivity contribution is 5.97. The highest BCUT2D eigenvalue weighted by atomic mass is 19.4. The molecule has 7 nitrogen and oxygen atoms in total. The first kappa shape index (κ1) is 28.2. The minimum absolute atomic E-state index is 0.0117. The summed E-state index contributed by atoms with van der Waals surface area (Å²) in [5.41, 5.74) is 1.04. The lowest BCUT2D eigenvalue weighted by atomic mass is 10.1. The van der Waals surface area contributed by atoms with Gasteiger partial charge in [-0.2, -0.15) is 13.2 Å². The first-order valence-electron chi connectivity index (χ1n) is 12.7. The van der Waals surface area contributed by atoms with Crippen molar-refractivity contribution in [2.45, 2.75) is 38.1 Å². The number of nitrogens with zero attached hydrogens (tertiary/aromatic N) is 3. The summed E-state index contributed by atoms with van der Waals surface area (Å²) in [5.74, 6) is 0.195. The van der Waals surface area contributed by atoms with Crippen molar-refractivity contribution in [3.8, 4) is 5.75 Å². The number of methoxy groups -OCH3 is 2. The van der Waals surface area contributed by atoms with Crippen LogP contribution in [-0.2, 0) is 28.8 Å². The van der Waals surface area contributed by atoms with Crippen molar-refractivity contribution >= 4 is 11.8 Å². The van der Waals surface area contributed by atoms with E-state index in [9.17, 15) is 22.8 Å². The summed E-state index contributed by atoms with van der Waals surface area (Å²) in [6.45, 7) is 0.981. The monoisotopic (exact) mass is 543 g/mol. The van der Waals surface area contributed by atoms with E-state index in [2.05, 4.69) is 0 Å². The van der Waals surface area contributed by atoms with Crippen LogP contribution < -0.4 is 4.74 Å². The van der Waals surface area contributed by atoms with E-state index in [1.165, 1.54) is 6.07 Å². The number of benzene rings is 2. The second-order valence-corrected chi connectivity index (χ2v) is 9.53. The van der Waals surface area contributed by atoms with E-state index < -0.39 is 11.7 Å². The molecule has 0 N–H and O–H groups in total. The molecule has 39 heavy (non-hydrogen) atoms. The Hall–Kier alpha value is -3.79. The molecule has 0 unspecified atom stereocenters. The van der Waals surface area contributed by atoms with Crippen molar-refractivity contribution in [3.05, 3.63) is 89.2 Å². The number of halogens is 3. The minimum atomic E-state index is -4.42. The number of aromatic nitrogens is 1. The zero-order valence-corrected chi connectivity index (χ0v) is 22.0. The predicted octanol–water partition coefficient (Wildman–Crippen LogP) is 4.84. The number of hydrogen-bond acceptors (Lipinski definition) is 4. The van der Waals surface area contributed by atoms with Gasteiger partial charge in [-0.25, -0.2) is 0 Å². The topological polar surface area (TPSA) is 64.0 Å². The molecule has 1 fully saturated rings. The Labute approximate surface area is 225 Å². The summed E-state index contributed by atoms with van der Waals surface area (Å²) in [7, 11) is 3.10. The van der Waals surface area contributed by atoms with Crippen LogP contribution in [-0.4, -0.2) is 66.1 Å². The number of hydrogen-bond donors (Lipinski definition) is 0. The van der Waals surface area contributed by atoms with E-state index in [0.717, 1.165) is 30.7 Å². The quantitative estimate of drug-likeness (QED) is 0.328. The highest BCUT2D eigenvalue weighted by Crippen LogP contribution is 2.30. The van der Waals surface area contributed by atoms with Gasteiger partial charge in [-0.05, 0) is 66.9 Å². The molecule has 0 saturated heterocycles. The van der Waals surface area contributed by atoms with Crippen molar-refractivity contribution in [2.75, 3.05) is 33.9 Å². The van der Waals surface area contributed by atoms with Gasteiger partial charge in [0.1, 0.15) is 12.3 Å². The molecular formula is C29H32F3N3O4. The summed E-state index contributed by atoms with van der Waals surface area (Å²) in [6, 6.07) is 15.7. The highest BCUT2D eigenvalue weighted by Gasteiger charge is 2.35. The molecule has 0 bridgehead atoms. The fraction of sp³-hybridized carbons (Fsp3) is 0.379. The molecule has 0 aliphatic heterocycles. The molecule has 1 aromatic heterocycles. The SMILES string of the molecule is COCCN(Cc1cccn1Cc1cccc(C(F)(F)F)c1)C(=O)CN(C(=O)c1ccc(OC)cc1)C1CC1. The average molecular weight is 544 g/mol. The van der Waals surface area contributed by atoms with Crippen LogP contribution in [0.1, 0.15) is 40.0 Å². The fourth-order valence-electron chi connectivity index (χ4n) is 4.38. The molecule has 4 rings (SSSR count). The van der Waals surface area contributed by atoms with Gasteiger partial charge in [-0.1, -0.05) is 12.1 Å². The lowest BCUT2D eigenvalue weighted by Crippen LogP contribution is -2.44. The third-order valence-electron chi connectivity index (χ3n) is 6.69. The summed E-state index contributed by atoms with van der Waals surface area (Å²) < 4.78 is 51.7. The molecule has 1 aliphatic rings. The Morgan fingerprint density at radius 2 is 1.77 bits per heavy atom. The van der Waals surface area contributed by atoms with Gasteiger partial charge < -0.3 is 23.8 Å². The van der Waals surface area contributed by atoms with Crippen LogP contribution in [0.5, 0.6) is 5.75 Å². The van der Waals surface area contributed by atoms with Gasteiger partial charge in [-0.15, -0.1) is 0 Å². The maximum Gasteiger partial charge on any atom is 0.416 e. The van der Waals surface area contributed by atoms with Gasteiger partial charge in [0.05, 0.1) is 25.8 Å². The zero-order chi connectivity index (χ0) is 28.0. The largest absolute Gasteiger partial charge is 0.497 e. The van der Waals surface area contributed by atoms with E-state index in [1.807, 2.05) is 10.6 Å². The van der Waals surface area contributed by atoms with Crippen molar-refractivity contribution < 1.29 is 32.2 Å². The van der Waals surface area contributed by atoms with E-state index in [4.69, 9.17) is 9.47 Å². The van der Waals surface area contributed by atoms with E-state index in [1.54, 1.807) is 66.6 Å². The molecule has 2 amide bonds. The number of carbonyl (C=O) groups excluding carboxylic acids is 2. The van der Waals surface area contributed by atoms with Gasteiger partial charge in [0.25, 0.3) is 5.91 Å². The maximum atomic E-state index is 13.5. The van der Waals surface area contributed by atoms with Gasteiger partial charge in [0.15, 0.2) is 0 Å². The number of alkyl halides is 3. The molecule has 0 radical (unpaired) electrons. The standard InChI is InChI=1S/C29H32F3N3O4/c1-38-16-15-34(19-25-7-4-14-33(25)18-21-5-3-6-23(17-21)29(30,31)32)27(36)20-35(24-10-11-24)28(37)22-8-12-26(39-2)13-9-22/h3-9,12-14,17,24H,10-11,15-16,18-20H2,1-2H3. The van der Waals surface area contributed by atoms with Crippen molar-refractivity contribution in [1.82, 2.24) is 14.4 Å². The summed E-state index contributed by atoms with van der Waals surface area (Å²) in [6.07, 6.45) is -0.964. The maximum absolute atomic E-state index is 13.5.